The summed E-state index contributed by atoms with van der Waals surface area (Å²) in [4.78, 5) is 18.4. The van der Waals surface area contributed by atoms with Gasteiger partial charge in [-0.3, -0.25) is 4.79 Å². The lowest BCUT2D eigenvalue weighted by molar-refractivity contribution is -0.131. The van der Waals surface area contributed by atoms with Crippen LogP contribution in [0.1, 0.15) is 16.9 Å². The fraction of sp³-hybridized carbons (Fsp3) is 0.200. The maximum Gasteiger partial charge on any atom is 0.264 e. The first-order valence-corrected chi connectivity index (χ1v) is 7.29. The molecule has 1 aromatic carbocycles. The Bertz CT molecular complexity index is 608. The van der Waals surface area contributed by atoms with Gasteiger partial charge in [0.05, 0.1) is 12.3 Å². The van der Waals surface area contributed by atoms with Gasteiger partial charge in [-0.15, -0.1) is 11.3 Å². The van der Waals surface area contributed by atoms with Crippen molar-refractivity contribution in [2.75, 3.05) is 0 Å². The number of carbonyl (C=O) groups excluding carboxylic acids is 1. The summed E-state index contributed by atoms with van der Waals surface area (Å²) in [7, 11) is 0. The van der Waals surface area contributed by atoms with Gasteiger partial charge in [0, 0.05) is 11.3 Å². The monoisotopic (exact) mass is 286 g/mol. The van der Waals surface area contributed by atoms with Crippen molar-refractivity contribution in [3.63, 3.8) is 0 Å². The Morgan fingerprint density at radius 1 is 1.30 bits per heavy atom. The van der Waals surface area contributed by atoms with Crippen molar-refractivity contribution >= 4 is 23.0 Å². The van der Waals surface area contributed by atoms with Crippen LogP contribution in [-0.2, 0) is 16.2 Å². The van der Waals surface area contributed by atoms with Gasteiger partial charge in [0.1, 0.15) is 0 Å². The van der Waals surface area contributed by atoms with E-state index in [4.69, 9.17) is 4.84 Å². The maximum atomic E-state index is 12.0. The molecule has 5 heteroatoms. The van der Waals surface area contributed by atoms with Gasteiger partial charge in [-0.25, -0.2) is 0 Å². The van der Waals surface area contributed by atoms with Gasteiger partial charge in [0.25, 0.3) is 5.91 Å². The number of hydrogen-bond donors (Lipinski definition) is 1. The molecule has 1 aliphatic rings. The van der Waals surface area contributed by atoms with Crippen LogP contribution >= 0.6 is 11.3 Å². The molecule has 3 rings (SSSR count). The second-order valence-electron chi connectivity index (χ2n) is 4.50. The van der Waals surface area contributed by atoms with Crippen LogP contribution in [-0.4, -0.2) is 17.7 Å². The van der Waals surface area contributed by atoms with Crippen LogP contribution in [0.15, 0.2) is 53.0 Å². The van der Waals surface area contributed by atoms with E-state index < -0.39 is 6.10 Å². The molecule has 0 unspecified atom stereocenters. The molecule has 2 heterocycles. The summed E-state index contributed by atoms with van der Waals surface area (Å²) in [5.41, 5.74) is 1.82. The van der Waals surface area contributed by atoms with Crippen molar-refractivity contribution < 1.29 is 9.63 Å². The summed E-state index contributed by atoms with van der Waals surface area (Å²) >= 11 is 1.62. The minimum absolute atomic E-state index is 0.118. The van der Waals surface area contributed by atoms with Crippen molar-refractivity contribution in [1.82, 2.24) is 5.32 Å². The molecular formula is C15H14N2O2S. The second kappa shape index (κ2) is 5.88. The molecule has 0 radical (unpaired) electrons. The molecule has 102 valence electrons. The third-order valence-corrected chi connectivity index (χ3v) is 3.96. The van der Waals surface area contributed by atoms with Gasteiger partial charge in [-0.2, -0.15) is 0 Å². The summed E-state index contributed by atoms with van der Waals surface area (Å²) in [5, 5.41) is 8.87. The summed E-state index contributed by atoms with van der Waals surface area (Å²) in [5.74, 6) is -0.118. The molecule has 0 fully saturated rings. The minimum atomic E-state index is -0.523. The smallest absolute Gasteiger partial charge is 0.264 e. The van der Waals surface area contributed by atoms with Gasteiger partial charge < -0.3 is 10.2 Å². The first-order valence-electron chi connectivity index (χ1n) is 6.41. The number of thiophene rings is 1. The molecule has 4 nitrogen and oxygen atoms in total. The molecular weight excluding hydrogens is 272 g/mol. The molecule has 0 saturated heterocycles. The number of nitrogens with zero attached hydrogens (tertiary/aromatic N) is 1. The predicted molar refractivity (Wildman–Crippen MR) is 78.6 cm³/mol. The van der Waals surface area contributed by atoms with Gasteiger partial charge in [0.15, 0.2) is 0 Å². The number of oxime groups is 1. The van der Waals surface area contributed by atoms with Crippen molar-refractivity contribution in [2.24, 2.45) is 5.16 Å². The second-order valence-corrected chi connectivity index (χ2v) is 5.53. The number of carbonyl (C=O) groups is 1. The molecule has 1 N–H and O–H groups in total. The zero-order valence-electron chi connectivity index (χ0n) is 10.8. The van der Waals surface area contributed by atoms with E-state index in [2.05, 4.69) is 10.5 Å². The molecule has 1 aliphatic heterocycles. The van der Waals surface area contributed by atoms with Crippen LogP contribution in [0.2, 0.25) is 0 Å². The van der Waals surface area contributed by atoms with Crippen LogP contribution in [0.3, 0.4) is 0 Å². The predicted octanol–water partition coefficient (Wildman–Crippen LogP) is 2.56. The lowest BCUT2D eigenvalue weighted by Gasteiger charge is -2.08. The fourth-order valence-corrected chi connectivity index (χ4v) is 2.66. The van der Waals surface area contributed by atoms with Crippen molar-refractivity contribution in [1.29, 1.82) is 0 Å². The highest BCUT2D eigenvalue weighted by Gasteiger charge is 2.28. The molecule has 1 amide bonds. The van der Waals surface area contributed by atoms with E-state index in [0.29, 0.717) is 13.0 Å². The van der Waals surface area contributed by atoms with Gasteiger partial charge in [0.2, 0.25) is 6.10 Å². The molecule has 1 atom stereocenters. The van der Waals surface area contributed by atoms with E-state index in [1.165, 1.54) is 0 Å². The van der Waals surface area contributed by atoms with Crippen LogP contribution in [0.5, 0.6) is 0 Å². The summed E-state index contributed by atoms with van der Waals surface area (Å²) in [6, 6.07) is 13.7. The lowest BCUT2D eigenvalue weighted by atomic mass is 10.0. The Balaban J connectivity index is 1.54. The summed E-state index contributed by atoms with van der Waals surface area (Å²) in [6.07, 6.45) is -0.00882. The third-order valence-electron chi connectivity index (χ3n) is 3.09. The van der Waals surface area contributed by atoms with Crippen LogP contribution in [0.25, 0.3) is 0 Å². The molecule has 0 spiro atoms. The Morgan fingerprint density at radius 2 is 2.15 bits per heavy atom. The van der Waals surface area contributed by atoms with E-state index in [-0.39, 0.29) is 5.91 Å². The van der Waals surface area contributed by atoms with E-state index in [0.717, 1.165) is 16.2 Å². The van der Waals surface area contributed by atoms with Crippen molar-refractivity contribution in [2.45, 2.75) is 19.1 Å². The number of nitrogens with one attached hydrogen (secondary N) is 1. The average molecular weight is 286 g/mol. The Hall–Kier alpha value is -2.14. The average Bonchev–Trinajstić information content (AvgIpc) is 3.17. The van der Waals surface area contributed by atoms with Gasteiger partial charge in [-0.05, 0) is 17.0 Å². The zero-order valence-corrected chi connectivity index (χ0v) is 11.6. The standard InChI is InChI=1S/C15H14N2O2S/c18-15(16-10-12-7-4-8-20-12)14-9-13(17-19-14)11-5-2-1-3-6-11/h1-8,14H,9-10H2,(H,16,18)/t14-/m1/s1. The molecule has 0 bridgehead atoms. The Kier molecular flexibility index (Phi) is 3.78. The number of hydrogen-bond acceptors (Lipinski definition) is 4. The Morgan fingerprint density at radius 3 is 2.90 bits per heavy atom. The van der Waals surface area contributed by atoms with E-state index in [9.17, 15) is 4.79 Å². The molecule has 2 aromatic rings. The molecule has 0 saturated carbocycles. The van der Waals surface area contributed by atoms with Gasteiger partial charge >= 0.3 is 0 Å². The maximum absolute atomic E-state index is 12.0. The third kappa shape index (κ3) is 2.88. The van der Waals surface area contributed by atoms with Gasteiger partial charge in [-0.1, -0.05) is 41.6 Å². The highest BCUT2D eigenvalue weighted by Crippen LogP contribution is 2.17. The van der Waals surface area contributed by atoms with Crippen LogP contribution in [0, 0.1) is 0 Å². The summed E-state index contributed by atoms with van der Waals surface area (Å²) in [6.45, 7) is 0.539. The Labute approximate surface area is 121 Å². The number of benzene rings is 1. The highest BCUT2D eigenvalue weighted by molar-refractivity contribution is 7.09. The first kappa shape index (κ1) is 12.9. The first-order chi connectivity index (χ1) is 9.83. The SMILES string of the molecule is O=C(NCc1cccs1)[C@H]1CC(c2ccccc2)=NO1. The van der Waals surface area contributed by atoms with E-state index >= 15 is 0 Å². The minimum Gasteiger partial charge on any atom is -0.382 e. The number of rotatable bonds is 4. The molecule has 1 aromatic heterocycles. The quantitative estimate of drug-likeness (QED) is 0.939. The van der Waals surface area contributed by atoms with E-state index in [1.54, 1.807) is 11.3 Å². The van der Waals surface area contributed by atoms with Crippen molar-refractivity contribution in [3.8, 4) is 0 Å². The highest BCUT2D eigenvalue weighted by atomic mass is 32.1. The largest absolute Gasteiger partial charge is 0.382 e. The van der Waals surface area contributed by atoms with E-state index in [1.807, 2.05) is 47.8 Å². The molecule has 20 heavy (non-hydrogen) atoms. The van der Waals surface area contributed by atoms with Crippen molar-refractivity contribution in [3.05, 3.63) is 58.3 Å². The lowest BCUT2D eigenvalue weighted by Crippen LogP contribution is -2.34. The molecule has 0 aliphatic carbocycles. The number of amides is 1. The zero-order chi connectivity index (χ0) is 13.8. The topological polar surface area (TPSA) is 50.7 Å². The van der Waals surface area contributed by atoms with Crippen LogP contribution in [0.4, 0.5) is 0 Å². The summed E-state index contributed by atoms with van der Waals surface area (Å²) < 4.78 is 0. The normalized spacial score (nSPS) is 17.4. The van der Waals surface area contributed by atoms with Crippen LogP contribution < -0.4 is 5.32 Å². The fourth-order valence-electron chi connectivity index (χ4n) is 2.02.